The second kappa shape index (κ2) is 5.33. The molecule has 1 unspecified atom stereocenters. The van der Waals surface area contributed by atoms with E-state index in [0.717, 1.165) is 11.1 Å². The normalized spacial score (nSPS) is 13.3. The van der Waals surface area contributed by atoms with Crippen LogP contribution in [0.25, 0.3) is 0 Å². The van der Waals surface area contributed by atoms with Gasteiger partial charge in [-0.05, 0) is 41.8 Å². The molecule has 0 aromatic heterocycles. The van der Waals surface area contributed by atoms with Crippen molar-refractivity contribution in [1.82, 2.24) is 0 Å². The lowest BCUT2D eigenvalue weighted by Gasteiger charge is -2.32. The molecule has 0 amide bonds. The lowest BCUT2D eigenvalue weighted by molar-refractivity contribution is 0.418. The molecule has 0 radical (unpaired) electrons. The molecule has 0 spiro atoms. The minimum Gasteiger partial charge on any atom is -0.323 e. The highest BCUT2D eigenvalue weighted by Crippen LogP contribution is 2.35. The maximum atomic E-state index is 13.7. The number of aryl methyl sites for hydroxylation is 1. The summed E-state index contributed by atoms with van der Waals surface area (Å²) in [6.07, 6.45) is 0. The predicted octanol–water partition coefficient (Wildman–Crippen LogP) is 4.25. The van der Waals surface area contributed by atoms with Gasteiger partial charge in [-0.1, -0.05) is 38.1 Å². The number of benzene rings is 2. The van der Waals surface area contributed by atoms with E-state index in [4.69, 9.17) is 5.73 Å². The maximum Gasteiger partial charge on any atom is 0.126 e. The van der Waals surface area contributed by atoms with Crippen LogP contribution in [0.4, 0.5) is 8.78 Å². The second-order valence-corrected chi connectivity index (χ2v) is 5.71. The van der Waals surface area contributed by atoms with Gasteiger partial charge in [0.15, 0.2) is 0 Å². The Balaban J connectivity index is 2.37. The summed E-state index contributed by atoms with van der Waals surface area (Å²) in [4.78, 5) is 0. The Hall–Kier alpha value is -1.74. The highest BCUT2D eigenvalue weighted by atomic mass is 19.1. The van der Waals surface area contributed by atoms with E-state index in [0.29, 0.717) is 5.56 Å². The highest BCUT2D eigenvalue weighted by Gasteiger charge is 2.30. The molecule has 0 saturated carbocycles. The Kier molecular flexibility index (Phi) is 3.91. The molecule has 106 valence electrons. The molecule has 2 rings (SSSR count). The van der Waals surface area contributed by atoms with Gasteiger partial charge in [0.2, 0.25) is 0 Å². The fourth-order valence-electron chi connectivity index (χ4n) is 2.28. The van der Waals surface area contributed by atoms with Gasteiger partial charge in [0.05, 0.1) is 0 Å². The van der Waals surface area contributed by atoms with Crippen molar-refractivity contribution in [3.63, 3.8) is 0 Å². The first-order valence-corrected chi connectivity index (χ1v) is 6.60. The summed E-state index contributed by atoms with van der Waals surface area (Å²) in [6.45, 7) is 5.67. The van der Waals surface area contributed by atoms with Gasteiger partial charge in [-0.15, -0.1) is 0 Å². The Bertz CT molecular complexity index is 603. The van der Waals surface area contributed by atoms with E-state index >= 15 is 0 Å². The zero-order valence-electron chi connectivity index (χ0n) is 12.0. The van der Waals surface area contributed by atoms with Crippen LogP contribution in [0.2, 0.25) is 0 Å². The van der Waals surface area contributed by atoms with Gasteiger partial charge in [0, 0.05) is 11.5 Å². The van der Waals surface area contributed by atoms with E-state index in [9.17, 15) is 8.78 Å². The largest absolute Gasteiger partial charge is 0.323 e. The van der Waals surface area contributed by atoms with Gasteiger partial charge in [0.25, 0.3) is 0 Å². The molecule has 0 aliphatic carbocycles. The topological polar surface area (TPSA) is 26.0 Å². The van der Waals surface area contributed by atoms with E-state index in [2.05, 4.69) is 0 Å². The van der Waals surface area contributed by atoms with Gasteiger partial charge in [-0.2, -0.15) is 0 Å². The van der Waals surface area contributed by atoms with Crippen molar-refractivity contribution in [2.24, 2.45) is 5.73 Å². The fraction of sp³-hybridized carbons (Fsp3) is 0.294. The lowest BCUT2D eigenvalue weighted by Crippen LogP contribution is -2.33. The second-order valence-electron chi connectivity index (χ2n) is 5.71. The Morgan fingerprint density at radius 3 is 2.15 bits per heavy atom. The van der Waals surface area contributed by atoms with Crippen LogP contribution >= 0.6 is 0 Å². The monoisotopic (exact) mass is 275 g/mol. The summed E-state index contributed by atoms with van der Waals surface area (Å²) in [7, 11) is 0. The van der Waals surface area contributed by atoms with Crippen molar-refractivity contribution in [2.45, 2.75) is 32.2 Å². The van der Waals surface area contributed by atoms with Crippen LogP contribution in [0, 0.1) is 18.6 Å². The third-order valence-electron chi connectivity index (χ3n) is 3.92. The van der Waals surface area contributed by atoms with Crippen LogP contribution < -0.4 is 5.73 Å². The van der Waals surface area contributed by atoms with E-state index < -0.39 is 5.41 Å². The molecule has 2 N–H and O–H groups in total. The minimum absolute atomic E-state index is 0.257. The number of nitrogens with two attached hydrogens (primary N) is 1. The molecule has 0 aliphatic heterocycles. The van der Waals surface area contributed by atoms with E-state index in [1.54, 1.807) is 25.1 Å². The van der Waals surface area contributed by atoms with Crippen molar-refractivity contribution < 1.29 is 8.78 Å². The van der Waals surface area contributed by atoms with Crippen LogP contribution in [0.1, 0.15) is 36.6 Å². The fourth-order valence-corrected chi connectivity index (χ4v) is 2.28. The van der Waals surface area contributed by atoms with E-state index in [1.807, 2.05) is 19.9 Å². The molecule has 2 aromatic rings. The quantitative estimate of drug-likeness (QED) is 0.890. The van der Waals surface area contributed by atoms with Crippen molar-refractivity contribution in [2.75, 3.05) is 0 Å². The summed E-state index contributed by atoms with van der Waals surface area (Å²) in [5.41, 5.74) is 8.14. The average molecular weight is 275 g/mol. The molecular weight excluding hydrogens is 256 g/mol. The number of hydrogen-bond donors (Lipinski definition) is 1. The first kappa shape index (κ1) is 14.7. The Morgan fingerprint density at radius 2 is 1.60 bits per heavy atom. The lowest BCUT2D eigenvalue weighted by atomic mass is 9.75. The highest BCUT2D eigenvalue weighted by molar-refractivity contribution is 5.33. The van der Waals surface area contributed by atoms with Crippen molar-refractivity contribution in [3.05, 3.63) is 70.8 Å². The zero-order valence-corrected chi connectivity index (χ0v) is 12.0. The minimum atomic E-state index is -0.421. The van der Waals surface area contributed by atoms with Crippen LogP contribution in [0.15, 0.2) is 42.5 Å². The van der Waals surface area contributed by atoms with Crippen LogP contribution in [-0.2, 0) is 5.41 Å². The predicted molar refractivity (Wildman–Crippen MR) is 77.5 cm³/mol. The van der Waals surface area contributed by atoms with Crippen molar-refractivity contribution in [3.8, 4) is 0 Å². The molecule has 3 heteroatoms. The van der Waals surface area contributed by atoms with Crippen LogP contribution in [0.5, 0.6) is 0 Å². The summed E-state index contributed by atoms with van der Waals surface area (Å²) in [5.74, 6) is -0.535. The third kappa shape index (κ3) is 2.73. The standard InChI is InChI=1S/C17H19F2N/c1-11-4-5-12(10-15(11)19)16(20)17(2,3)13-6-8-14(18)9-7-13/h4-10,16H,20H2,1-3H3. The third-order valence-corrected chi connectivity index (χ3v) is 3.92. The Labute approximate surface area is 118 Å². The summed E-state index contributed by atoms with van der Waals surface area (Å²) in [6, 6.07) is 11.0. The molecule has 20 heavy (non-hydrogen) atoms. The van der Waals surface area contributed by atoms with Crippen LogP contribution in [-0.4, -0.2) is 0 Å². The molecular formula is C17H19F2N. The molecule has 0 heterocycles. The van der Waals surface area contributed by atoms with Crippen molar-refractivity contribution in [1.29, 1.82) is 0 Å². The summed E-state index contributed by atoms with van der Waals surface area (Å²) in [5, 5.41) is 0. The van der Waals surface area contributed by atoms with E-state index in [1.165, 1.54) is 18.2 Å². The zero-order chi connectivity index (χ0) is 14.9. The van der Waals surface area contributed by atoms with Gasteiger partial charge in [-0.25, -0.2) is 8.78 Å². The number of halogens is 2. The molecule has 1 atom stereocenters. The molecule has 1 nitrogen and oxygen atoms in total. The molecule has 0 fully saturated rings. The number of rotatable bonds is 3. The molecule has 0 aliphatic rings. The maximum absolute atomic E-state index is 13.7. The SMILES string of the molecule is Cc1ccc(C(N)C(C)(C)c2ccc(F)cc2)cc1F. The van der Waals surface area contributed by atoms with Gasteiger partial charge in [-0.3, -0.25) is 0 Å². The first-order chi connectivity index (χ1) is 9.32. The average Bonchev–Trinajstić information content (AvgIpc) is 2.41. The smallest absolute Gasteiger partial charge is 0.126 e. The molecule has 0 saturated heterocycles. The van der Waals surface area contributed by atoms with Gasteiger partial charge < -0.3 is 5.73 Å². The van der Waals surface area contributed by atoms with E-state index in [-0.39, 0.29) is 17.7 Å². The molecule has 0 bridgehead atoms. The summed E-state index contributed by atoms with van der Waals surface area (Å²) >= 11 is 0. The summed E-state index contributed by atoms with van der Waals surface area (Å²) < 4.78 is 26.7. The number of hydrogen-bond acceptors (Lipinski definition) is 1. The van der Waals surface area contributed by atoms with Gasteiger partial charge in [0.1, 0.15) is 11.6 Å². The van der Waals surface area contributed by atoms with Gasteiger partial charge >= 0.3 is 0 Å². The van der Waals surface area contributed by atoms with Crippen molar-refractivity contribution >= 4 is 0 Å². The first-order valence-electron chi connectivity index (χ1n) is 6.60. The molecule has 2 aromatic carbocycles. The Morgan fingerprint density at radius 1 is 1.00 bits per heavy atom. The van der Waals surface area contributed by atoms with Crippen LogP contribution in [0.3, 0.4) is 0 Å².